The van der Waals surface area contributed by atoms with E-state index >= 15 is 0 Å². The maximum absolute atomic E-state index is 12.4. The summed E-state index contributed by atoms with van der Waals surface area (Å²) >= 11 is 0. The average molecular weight is 409 g/mol. The fraction of sp³-hybridized carbons (Fsp3) is 0.115. The van der Waals surface area contributed by atoms with Gasteiger partial charge in [-0.3, -0.25) is 9.78 Å². The third kappa shape index (κ3) is 5.21. The van der Waals surface area contributed by atoms with Crippen molar-refractivity contribution in [3.05, 3.63) is 102 Å². The largest absolute Gasteiger partial charge is 0.326 e. The molecule has 0 atom stereocenters. The highest BCUT2D eigenvalue weighted by Crippen LogP contribution is 2.21. The molecule has 0 radical (unpaired) electrons. The maximum atomic E-state index is 12.4. The molecule has 0 aliphatic rings. The summed E-state index contributed by atoms with van der Waals surface area (Å²) in [5.41, 5.74) is 12.9. The third-order valence-electron chi connectivity index (χ3n) is 5.10. The Morgan fingerprint density at radius 3 is 2.06 bits per heavy atom. The Labute approximate surface area is 182 Å². The van der Waals surface area contributed by atoms with Crippen LogP contribution in [0.3, 0.4) is 0 Å². The molecule has 4 aromatic rings. The van der Waals surface area contributed by atoms with Crippen molar-refractivity contribution in [2.75, 3.05) is 5.32 Å². The lowest BCUT2D eigenvalue weighted by Gasteiger charge is -2.08. The van der Waals surface area contributed by atoms with Crippen LogP contribution in [0.15, 0.2) is 85.2 Å². The number of amides is 1. The molecule has 1 amide bonds. The van der Waals surface area contributed by atoms with Gasteiger partial charge in [-0.15, -0.1) is 0 Å². The Hall–Kier alpha value is -3.83. The first-order valence-corrected chi connectivity index (χ1v) is 10.2. The Kier molecular flexibility index (Phi) is 6.15. The summed E-state index contributed by atoms with van der Waals surface area (Å²) in [7, 11) is 0. The lowest BCUT2D eigenvalue weighted by Crippen LogP contribution is -2.15. The van der Waals surface area contributed by atoms with Gasteiger partial charge in [0.05, 0.1) is 6.42 Å². The van der Waals surface area contributed by atoms with E-state index in [4.69, 9.17) is 5.73 Å². The van der Waals surface area contributed by atoms with Crippen LogP contribution in [-0.4, -0.2) is 15.9 Å². The van der Waals surface area contributed by atoms with E-state index in [-0.39, 0.29) is 5.91 Å². The molecule has 0 fully saturated rings. The molecule has 0 bridgehead atoms. The number of benzene rings is 2. The fourth-order valence-corrected chi connectivity index (χ4v) is 3.38. The minimum Gasteiger partial charge on any atom is -0.326 e. The van der Waals surface area contributed by atoms with Gasteiger partial charge in [0.25, 0.3) is 0 Å². The van der Waals surface area contributed by atoms with Gasteiger partial charge in [-0.25, -0.2) is 4.98 Å². The van der Waals surface area contributed by atoms with Gasteiger partial charge in [0.1, 0.15) is 5.82 Å². The number of carbonyl (C=O) groups is 1. The number of nitrogens with zero attached hydrogens (tertiary/aromatic N) is 2. The number of anilines is 1. The Bertz CT molecular complexity index is 1170. The summed E-state index contributed by atoms with van der Waals surface area (Å²) in [5.74, 6) is 0.441. The standard InChI is InChI=1S/C26H24N4O/c1-18-14-23(12-13-28-18)21-6-2-19(3-7-21)15-26(31)30-25-11-10-24(17-29-25)22-8-4-20(16-27)5-9-22/h2-14,17H,15-16,27H2,1H3,(H,29,30,31). The molecule has 4 rings (SSSR count). The molecule has 0 saturated heterocycles. The van der Waals surface area contributed by atoms with Crippen LogP contribution in [0.25, 0.3) is 22.3 Å². The van der Waals surface area contributed by atoms with Gasteiger partial charge in [0, 0.05) is 30.2 Å². The quantitative estimate of drug-likeness (QED) is 0.482. The summed E-state index contributed by atoms with van der Waals surface area (Å²) < 4.78 is 0. The molecule has 5 nitrogen and oxygen atoms in total. The van der Waals surface area contributed by atoms with E-state index in [1.807, 2.05) is 79.7 Å². The number of nitrogens with one attached hydrogen (secondary N) is 1. The van der Waals surface area contributed by atoms with Crippen LogP contribution in [0.1, 0.15) is 16.8 Å². The molecule has 2 heterocycles. The van der Waals surface area contributed by atoms with Gasteiger partial charge >= 0.3 is 0 Å². The van der Waals surface area contributed by atoms with E-state index in [9.17, 15) is 4.79 Å². The molecule has 0 aliphatic carbocycles. The number of rotatable bonds is 6. The van der Waals surface area contributed by atoms with Crippen LogP contribution in [0.5, 0.6) is 0 Å². The van der Waals surface area contributed by atoms with Crippen LogP contribution in [0, 0.1) is 6.92 Å². The smallest absolute Gasteiger partial charge is 0.229 e. The third-order valence-corrected chi connectivity index (χ3v) is 5.10. The normalized spacial score (nSPS) is 10.6. The lowest BCUT2D eigenvalue weighted by atomic mass is 10.0. The minimum absolute atomic E-state index is 0.0972. The van der Waals surface area contributed by atoms with Gasteiger partial charge < -0.3 is 11.1 Å². The summed E-state index contributed by atoms with van der Waals surface area (Å²) in [6.45, 7) is 2.50. The molecule has 0 saturated carbocycles. The number of hydrogen-bond acceptors (Lipinski definition) is 4. The van der Waals surface area contributed by atoms with Crippen molar-refractivity contribution in [2.24, 2.45) is 5.73 Å². The van der Waals surface area contributed by atoms with E-state index in [2.05, 4.69) is 15.3 Å². The lowest BCUT2D eigenvalue weighted by molar-refractivity contribution is -0.115. The highest BCUT2D eigenvalue weighted by molar-refractivity contribution is 5.91. The zero-order valence-corrected chi connectivity index (χ0v) is 17.4. The van der Waals surface area contributed by atoms with Crippen molar-refractivity contribution in [3.63, 3.8) is 0 Å². The number of pyridine rings is 2. The second kappa shape index (κ2) is 9.32. The molecule has 5 heteroatoms. The van der Waals surface area contributed by atoms with Gasteiger partial charge in [-0.1, -0.05) is 48.5 Å². The monoisotopic (exact) mass is 408 g/mol. The molecule has 0 spiro atoms. The van der Waals surface area contributed by atoms with Gasteiger partial charge in [-0.2, -0.15) is 0 Å². The molecule has 2 aromatic carbocycles. The molecular weight excluding hydrogens is 384 g/mol. The molecule has 154 valence electrons. The minimum atomic E-state index is -0.0972. The molecule has 2 aromatic heterocycles. The highest BCUT2D eigenvalue weighted by atomic mass is 16.1. The summed E-state index contributed by atoms with van der Waals surface area (Å²) in [5, 5.41) is 2.87. The van der Waals surface area contributed by atoms with Gasteiger partial charge in [0.2, 0.25) is 5.91 Å². The van der Waals surface area contributed by atoms with Crippen LogP contribution in [0.4, 0.5) is 5.82 Å². The zero-order valence-electron chi connectivity index (χ0n) is 17.4. The average Bonchev–Trinajstić information content (AvgIpc) is 2.80. The maximum Gasteiger partial charge on any atom is 0.229 e. The van der Waals surface area contributed by atoms with E-state index < -0.39 is 0 Å². The molecule has 31 heavy (non-hydrogen) atoms. The number of nitrogens with two attached hydrogens (primary N) is 1. The second-order valence-electron chi connectivity index (χ2n) is 7.44. The Morgan fingerprint density at radius 2 is 1.45 bits per heavy atom. The predicted molar refractivity (Wildman–Crippen MR) is 124 cm³/mol. The second-order valence-corrected chi connectivity index (χ2v) is 7.44. The van der Waals surface area contributed by atoms with Crippen molar-refractivity contribution >= 4 is 11.7 Å². The van der Waals surface area contributed by atoms with Crippen molar-refractivity contribution < 1.29 is 4.79 Å². The predicted octanol–water partition coefficient (Wildman–Crippen LogP) is 4.76. The molecular formula is C26H24N4O. The number of hydrogen-bond donors (Lipinski definition) is 2. The summed E-state index contributed by atoms with van der Waals surface area (Å²) in [6.07, 6.45) is 3.86. The van der Waals surface area contributed by atoms with Crippen molar-refractivity contribution in [3.8, 4) is 22.3 Å². The van der Waals surface area contributed by atoms with Crippen molar-refractivity contribution in [1.29, 1.82) is 0 Å². The van der Waals surface area contributed by atoms with Crippen LogP contribution in [0.2, 0.25) is 0 Å². The van der Waals surface area contributed by atoms with E-state index in [0.717, 1.165) is 39.1 Å². The first-order valence-electron chi connectivity index (χ1n) is 10.2. The van der Waals surface area contributed by atoms with E-state index in [0.29, 0.717) is 18.8 Å². The van der Waals surface area contributed by atoms with Gasteiger partial charge in [0.15, 0.2) is 0 Å². The first-order chi connectivity index (χ1) is 15.1. The SMILES string of the molecule is Cc1cc(-c2ccc(CC(=O)Nc3ccc(-c4ccc(CN)cc4)cn3)cc2)ccn1. The number of aryl methyl sites for hydroxylation is 1. The van der Waals surface area contributed by atoms with Crippen LogP contribution in [-0.2, 0) is 17.8 Å². The van der Waals surface area contributed by atoms with Crippen LogP contribution >= 0.6 is 0 Å². The Balaban J connectivity index is 1.37. The molecule has 3 N–H and O–H groups in total. The van der Waals surface area contributed by atoms with E-state index in [1.165, 1.54) is 0 Å². The summed E-state index contributed by atoms with van der Waals surface area (Å²) in [6, 6.07) is 23.9. The topological polar surface area (TPSA) is 80.9 Å². The first kappa shape index (κ1) is 20.4. The number of carbonyl (C=O) groups excluding carboxylic acids is 1. The molecule has 0 aliphatic heterocycles. The van der Waals surface area contributed by atoms with Crippen molar-refractivity contribution in [1.82, 2.24) is 9.97 Å². The fourth-order valence-electron chi connectivity index (χ4n) is 3.38. The highest BCUT2D eigenvalue weighted by Gasteiger charge is 2.07. The van der Waals surface area contributed by atoms with Crippen LogP contribution < -0.4 is 11.1 Å². The zero-order chi connectivity index (χ0) is 21.6. The molecule has 0 unspecified atom stereocenters. The summed E-state index contributed by atoms with van der Waals surface area (Å²) in [4.78, 5) is 21.0. The number of aromatic nitrogens is 2. The van der Waals surface area contributed by atoms with E-state index in [1.54, 1.807) is 12.4 Å². The van der Waals surface area contributed by atoms with Crippen molar-refractivity contribution in [2.45, 2.75) is 19.9 Å². The van der Waals surface area contributed by atoms with Gasteiger partial charge in [-0.05, 0) is 59.0 Å². The Morgan fingerprint density at radius 1 is 0.806 bits per heavy atom.